The second kappa shape index (κ2) is 7.79. The van der Waals surface area contributed by atoms with Gasteiger partial charge in [0.05, 0.1) is 12.2 Å². The monoisotopic (exact) mass is 413 g/mol. The smallest absolute Gasteiger partial charge is 0.182 e. The van der Waals surface area contributed by atoms with Crippen LogP contribution < -0.4 is 5.73 Å². The zero-order valence-electron chi connectivity index (χ0n) is 16.2. The third-order valence-corrected chi connectivity index (χ3v) is 4.78. The number of nitrogens with zero attached hydrogens (tertiary/aromatic N) is 6. The molecule has 4 aromatic heterocycles. The van der Waals surface area contributed by atoms with Gasteiger partial charge < -0.3 is 10.3 Å². The number of hydrogen-bond acceptors (Lipinski definition) is 7. The lowest BCUT2D eigenvalue weighted by Gasteiger charge is -2.07. The minimum absolute atomic E-state index is 0.206. The van der Waals surface area contributed by atoms with E-state index in [9.17, 15) is 4.39 Å². The fourth-order valence-corrected chi connectivity index (χ4v) is 3.25. The topological polar surface area (TPSA) is 109 Å². The lowest BCUT2D eigenvalue weighted by Crippen LogP contribution is -2.06. The molecule has 0 bridgehead atoms. The standard InChI is InChI=1S/C22H16FN7O/c23-17-6-2-1-4-15(17)13-30-20(18-7-9-31-29-18)10-19(28-30)22-26-12-16(21(24)27-22)14-5-3-8-25-11-14/h1-12H,13H2,(H2,24,26,27). The van der Waals surface area contributed by atoms with Crippen molar-refractivity contribution >= 4 is 5.82 Å². The van der Waals surface area contributed by atoms with Crippen LogP contribution >= 0.6 is 0 Å². The van der Waals surface area contributed by atoms with Crippen molar-refractivity contribution in [3.8, 4) is 34.0 Å². The second-order valence-electron chi connectivity index (χ2n) is 6.78. The molecule has 152 valence electrons. The molecule has 9 heteroatoms. The van der Waals surface area contributed by atoms with Gasteiger partial charge in [-0.05, 0) is 18.2 Å². The SMILES string of the molecule is Nc1nc(-c2cc(-c3ccon3)n(Cc3ccccc3F)n2)ncc1-c1cccnc1. The van der Waals surface area contributed by atoms with Crippen LogP contribution in [0.25, 0.3) is 34.0 Å². The molecule has 5 aromatic rings. The first-order valence-corrected chi connectivity index (χ1v) is 9.44. The minimum Gasteiger partial charge on any atom is -0.383 e. The number of halogens is 1. The predicted molar refractivity (Wildman–Crippen MR) is 112 cm³/mol. The lowest BCUT2D eigenvalue weighted by molar-refractivity contribution is 0.421. The fraction of sp³-hybridized carbons (Fsp3) is 0.0455. The highest BCUT2D eigenvalue weighted by molar-refractivity contribution is 5.74. The second-order valence-corrected chi connectivity index (χ2v) is 6.78. The van der Waals surface area contributed by atoms with Gasteiger partial charge in [0, 0.05) is 41.3 Å². The van der Waals surface area contributed by atoms with Crippen molar-refractivity contribution in [3.63, 3.8) is 0 Å². The number of nitrogens with two attached hydrogens (primary N) is 1. The molecule has 0 aliphatic carbocycles. The number of benzene rings is 1. The number of pyridine rings is 1. The van der Waals surface area contributed by atoms with Gasteiger partial charge in [-0.25, -0.2) is 14.4 Å². The highest BCUT2D eigenvalue weighted by Crippen LogP contribution is 2.28. The van der Waals surface area contributed by atoms with Crippen LogP contribution in [0, 0.1) is 5.82 Å². The molecule has 0 aliphatic rings. The van der Waals surface area contributed by atoms with Gasteiger partial charge in [0.25, 0.3) is 0 Å². The molecular weight excluding hydrogens is 397 g/mol. The number of anilines is 1. The molecular formula is C22H16FN7O. The largest absolute Gasteiger partial charge is 0.383 e. The molecule has 31 heavy (non-hydrogen) atoms. The molecule has 0 saturated heterocycles. The van der Waals surface area contributed by atoms with Crippen molar-refractivity contribution in [2.24, 2.45) is 0 Å². The van der Waals surface area contributed by atoms with Crippen molar-refractivity contribution in [2.75, 3.05) is 5.73 Å². The number of hydrogen-bond donors (Lipinski definition) is 1. The van der Waals surface area contributed by atoms with Crippen molar-refractivity contribution in [1.82, 2.24) is 29.9 Å². The Morgan fingerprint density at radius 3 is 2.68 bits per heavy atom. The highest BCUT2D eigenvalue weighted by atomic mass is 19.1. The Hall–Kier alpha value is -4.40. The average molecular weight is 413 g/mol. The van der Waals surface area contributed by atoms with E-state index in [2.05, 4.69) is 25.2 Å². The van der Waals surface area contributed by atoms with Crippen LogP contribution in [0.3, 0.4) is 0 Å². The van der Waals surface area contributed by atoms with Gasteiger partial charge in [0.1, 0.15) is 29.3 Å². The van der Waals surface area contributed by atoms with Crippen molar-refractivity contribution in [3.05, 3.63) is 84.8 Å². The van der Waals surface area contributed by atoms with Crippen molar-refractivity contribution in [2.45, 2.75) is 6.54 Å². The zero-order valence-corrected chi connectivity index (χ0v) is 16.2. The van der Waals surface area contributed by atoms with Crippen LogP contribution in [0.2, 0.25) is 0 Å². The molecule has 0 spiro atoms. The highest BCUT2D eigenvalue weighted by Gasteiger charge is 2.18. The van der Waals surface area contributed by atoms with Gasteiger partial charge in [-0.1, -0.05) is 29.4 Å². The first kappa shape index (κ1) is 18.6. The van der Waals surface area contributed by atoms with E-state index in [-0.39, 0.29) is 12.4 Å². The van der Waals surface area contributed by atoms with E-state index in [4.69, 9.17) is 10.3 Å². The maximum Gasteiger partial charge on any atom is 0.182 e. The Kier molecular flexibility index (Phi) is 4.68. The van der Waals surface area contributed by atoms with Gasteiger partial charge in [0.2, 0.25) is 0 Å². The van der Waals surface area contributed by atoms with Crippen LogP contribution in [-0.4, -0.2) is 29.9 Å². The first-order valence-electron chi connectivity index (χ1n) is 9.44. The summed E-state index contributed by atoms with van der Waals surface area (Å²) >= 11 is 0. The molecule has 0 radical (unpaired) electrons. The van der Waals surface area contributed by atoms with Gasteiger partial charge in [-0.15, -0.1) is 0 Å². The summed E-state index contributed by atoms with van der Waals surface area (Å²) < 4.78 is 20.8. The molecule has 5 rings (SSSR count). The summed E-state index contributed by atoms with van der Waals surface area (Å²) in [5.74, 6) is 0.346. The summed E-state index contributed by atoms with van der Waals surface area (Å²) in [4.78, 5) is 13.0. The van der Waals surface area contributed by atoms with E-state index >= 15 is 0 Å². The van der Waals surface area contributed by atoms with Crippen LogP contribution in [-0.2, 0) is 6.54 Å². The number of aromatic nitrogens is 6. The zero-order chi connectivity index (χ0) is 21.2. The fourth-order valence-electron chi connectivity index (χ4n) is 3.25. The maximum absolute atomic E-state index is 14.2. The Bertz CT molecular complexity index is 1330. The maximum atomic E-state index is 14.2. The van der Waals surface area contributed by atoms with Gasteiger partial charge >= 0.3 is 0 Å². The molecule has 0 atom stereocenters. The van der Waals surface area contributed by atoms with Gasteiger partial charge in [-0.2, -0.15) is 5.10 Å². The van der Waals surface area contributed by atoms with E-state index in [0.717, 1.165) is 5.56 Å². The van der Waals surface area contributed by atoms with Gasteiger partial charge in [0.15, 0.2) is 5.82 Å². The third-order valence-electron chi connectivity index (χ3n) is 4.78. The first-order chi connectivity index (χ1) is 15.2. The summed E-state index contributed by atoms with van der Waals surface area (Å²) in [5.41, 5.74) is 9.87. The number of rotatable bonds is 5. The van der Waals surface area contributed by atoms with Crippen molar-refractivity contribution < 1.29 is 8.91 Å². The molecule has 4 heterocycles. The summed E-state index contributed by atoms with van der Waals surface area (Å²) in [6.45, 7) is 0.206. The third kappa shape index (κ3) is 3.64. The molecule has 0 amide bonds. The molecule has 1 aromatic carbocycles. The molecule has 0 saturated carbocycles. The van der Waals surface area contributed by atoms with Crippen LogP contribution in [0.15, 0.2) is 77.9 Å². The Morgan fingerprint density at radius 2 is 1.94 bits per heavy atom. The Labute approximate surface area is 176 Å². The molecule has 0 unspecified atom stereocenters. The van der Waals surface area contributed by atoms with E-state index in [1.165, 1.54) is 12.3 Å². The van der Waals surface area contributed by atoms with Crippen LogP contribution in [0.1, 0.15) is 5.56 Å². The summed E-state index contributed by atoms with van der Waals surface area (Å²) in [5, 5.41) is 8.58. The minimum atomic E-state index is -0.313. The lowest BCUT2D eigenvalue weighted by atomic mass is 10.1. The molecule has 8 nitrogen and oxygen atoms in total. The number of nitrogen functional groups attached to an aromatic ring is 1. The molecule has 0 aliphatic heterocycles. The summed E-state index contributed by atoms with van der Waals surface area (Å²) in [6.07, 6.45) is 6.48. The van der Waals surface area contributed by atoms with Gasteiger partial charge in [-0.3, -0.25) is 9.67 Å². The van der Waals surface area contributed by atoms with Crippen molar-refractivity contribution in [1.29, 1.82) is 0 Å². The quantitative estimate of drug-likeness (QED) is 0.466. The van der Waals surface area contributed by atoms with Crippen LogP contribution in [0.4, 0.5) is 10.2 Å². The van der Waals surface area contributed by atoms with E-state index < -0.39 is 0 Å². The average Bonchev–Trinajstić information content (AvgIpc) is 3.46. The molecule has 0 fully saturated rings. The van der Waals surface area contributed by atoms with E-state index in [1.807, 2.05) is 12.1 Å². The van der Waals surface area contributed by atoms with Crippen LogP contribution in [0.5, 0.6) is 0 Å². The predicted octanol–water partition coefficient (Wildman–Crippen LogP) is 3.83. The Balaban J connectivity index is 1.56. The Morgan fingerprint density at radius 1 is 1.03 bits per heavy atom. The normalized spacial score (nSPS) is 11.0. The summed E-state index contributed by atoms with van der Waals surface area (Å²) in [6, 6.07) is 13.7. The molecule has 2 N–H and O–H groups in total. The summed E-state index contributed by atoms with van der Waals surface area (Å²) in [7, 11) is 0. The van der Waals surface area contributed by atoms with E-state index in [1.54, 1.807) is 53.6 Å². The van der Waals surface area contributed by atoms with E-state index in [0.29, 0.717) is 39.9 Å².